The molecule has 0 aromatic carbocycles. The second-order valence-corrected chi connectivity index (χ2v) is 4.42. The summed E-state index contributed by atoms with van der Waals surface area (Å²) in [6, 6.07) is 0. The maximum absolute atomic E-state index is 4.82. The van der Waals surface area contributed by atoms with Gasteiger partial charge in [-0.2, -0.15) is 11.8 Å². The molecule has 1 radical (unpaired) electrons. The van der Waals surface area contributed by atoms with Gasteiger partial charge in [0.25, 0.3) is 0 Å². The van der Waals surface area contributed by atoms with Crippen LogP contribution in [0.5, 0.6) is 0 Å². The molecule has 0 aromatic rings. The highest BCUT2D eigenvalue weighted by Gasteiger charge is 1.92. The maximum atomic E-state index is 4.82. The number of thioether (sulfide) groups is 1. The lowest BCUT2D eigenvalue weighted by Crippen LogP contribution is -1.89. The Morgan fingerprint density at radius 1 is 1.33 bits per heavy atom. The van der Waals surface area contributed by atoms with Crippen LogP contribution in [0.3, 0.4) is 0 Å². The molecule has 0 saturated heterocycles. The normalized spacial score (nSPS) is 10.7. The van der Waals surface area contributed by atoms with E-state index in [1.54, 1.807) is 0 Å². The van der Waals surface area contributed by atoms with E-state index < -0.39 is 0 Å². The van der Waals surface area contributed by atoms with Crippen molar-refractivity contribution in [2.75, 3.05) is 11.5 Å². The third-order valence-electron chi connectivity index (χ3n) is 0.990. The first-order valence-corrected chi connectivity index (χ1v) is 5.09. The molecule has 0 saturated carbocycles. The van der Waals surface area contributed by atoms with Crippen molar-refractivity contribution in [2.24, 2.45) is 0 Å². The Kier molecular flexibility index (Phi) is 7.34. The largest absolute Gasteiger partial charge is 0.159 e. The van der Waals surface area contributed by atoms with Crippen molar-refractivity contribution < 1.29 is 0 Å². The van der Waals surface area contributed by atoms with Crippen LogP contribution in [-0.4, -0.2) is 16.8 Å². The minimum Gasteiger partial charge on any atom is -0.159 e. The van der Waals surface area contributed by atoms with Crippen LogP contribution in [0, 0.1) is 0 Å². The average molecular weight is 163 g/mol. The molecule has 0 fully saturated rings. The van der Waals surface area contributed by atoms with Crippen molar-refractivity contribution in [3.8, 4) is 0 Å². The van der Waals surface area contributed by atoms with Crippen LogP contribution in [0.25, 0.3) is 0 Å². The van der Waals surface area contributed by atoms with E-state index in [2.05, 4.69) is 13.8 Å². The summed E-state index contributed by atoms with van der Waals surface area (Å²) < 4.78 is 0. The smallest absolute Gasteiger partial charge is 0.00372 e. The summed E-state index contributed by atoms with van der Waals surface area (Å²) in [6.45, 7) is 4.47. The second kappa shape index (κ2) is 6.81. The summed E-state index contributed by atoms with van der Waals surface area (Å²) in [6.07, 6.45) is 2.52. The number of unbranched alkanes of at least 4 members (excludes halogenated alkanes) is 1. The molecular weight excluding hydrogens is 148 g/mol. The van der Waals surface area contributed by atoms with Gasteiger partial charge < -0.3 is 0 Å². The van der Waals surface area contributed by atoms with Crippen LogP contribution in [-0.2, 0) is 0 Å². The van der Waals surface area contributed by atoms with Gasteiger partial charge in [-0.05, 0) is 23.8 Å². The molecule has 55 valence electrons. The molecule has 0 aliphatic rings. The third-order valence-corrected chi connectivity index (χ3v) is 2.47. The zero-order valence-electron chi connectivity index (χ0n) is 6.22. The van der Waals surface area contributed by atoms with Crippen LogP contribution in [0.1, 0.15) is 26.7 Å². The monoisotopic (exact) mass is 163 g/mol. The van der Waals surface area contributed by atoms with Crippen molar-refractivity contribution >= 4 is 24.4 Å². The van der Waals surface area contributed by atoms with Crippen molar-refractivity contribution in [1.82, 2.24) is 0 Å². The molecule has 2 heteroatoms. The highest BCUT2D eigenvalue weighted by atomic mass is 32.2. The zero-order valence-corrected chi connectivity index (χ0v) is 7.86. The Morgan fingerprint density at radius 2 is 2.00 bits per heavy atom. The lowest BCUT2D eigenvalue weighted by atomic mass is 10.4. The topological polar surface area (TPSA) is 0 Å². The maximum Gasteiger partial charge on any atom is 0.00372 e. The number of hydrogen-bond acceptors (Lipinski definition) is 1. The zero-order chi connectivity index (χ0) is 7.11. The van der Waals surface area contributed by atoms with Gasteiger partial charge in [0, 0.05) is 5.75 Å². The van der Waals surface area contributed by atoms with E-state index in [9.17, 15) is 0 Å². The van der Waals surface area contributed by atoms with Gasteiger partial charge in [0.05, 0.1) is 0 Å². The quantitative estimate of drug-likeness (QED) is 0.561. The molecule has 0 atom stereocenters. The standard InChI is InChI=1S/C7H15S2/c1-7(2)9-6-4-3-5-8/h7H,3-6H2,1-2H3. The predicted molar refractivity (Wildman–Crippen MR) is 49.3 cm³/mol. The van der Waals surface area contributed by atoms with Gasteiger partial charge in [-0.25, -0.2) is 0 Å². The lowest BCUT2D eigenvalue weighted by molar-refractivity contribution is 0.906. The molecule has 0 heterocycles. The van der Waals surface area contributed by atoms with Gasteiger partial charge in [-0.1, -0.05) is 26.5 Å². The van der Waals surface area contributed by atoms with Gasteiger partial charge in [-0.15, -0.1) is 0 Å². The van der Waals surface area contributed by atoms with E-state index in [-0.39, 0.29) is 0 Å². The van der Waals surface area contributed by atoms with Crippen molar-refractivity contribution in [3.05, 3.63) is 0 Å². The number of rotatable bonds is 5. The van der Waals surface area contributed by atoms with Gasteiger partial charge in [0.15, 0.2) is 0 Å². The first kappa shape index (κ1) is 9.70. The van der Waals surface area contributed by atoms with Crippen molar-refractivity contribution in [3.63, 3.8) is 0 Å². The first-order valence-electron chi connectivity index (χ1n) is 3.47. The Bertz CT molecular complexity index is 52.9. The summed E-state index contributed by atoms with van der Waals surface area (Å²) in [7, 11) is 0. The summed E-state index contributed by atoms with van der Waals surface area (Å²) in [4.78, 5) is 0. The van der Waals surface area contributed by atoms with Gasteiger partial charge in [0.1, 0.15) is 0 Å². The fourth-order valence-corrected chi connectivity index (χ4v) is 1.57. The van der Waals surface area contributed by atoms with Crippen LogP contribution in [0.2, 0.25) is 0 Å². The van der Waals surface area contributed by atoms with E-state index in [1.165, 1.54) is 18.6 Å². The molecule has 0 aromatic heterocycles. The molecule has 0 amide bonds. The summed E-state index contributed by atoms with van der Waals surface area (Å²) in [5, 5.41) is 0.787. The van der Waals surface area contributed by atoms with E-state index in [0.29, 0.717) is 0 Å². The van der Waals surface area contributed by atoms with E-state index >= 15 is 0 Å². The molecule has 0 aliphatic carbocycles. The summed E-state index contributed by atoms with van der Waals surface area (Å²) >= 11 is 6.85. The van der Waals surface area contributed by atoms with Crippen LogP contribution in [0.4, 0.5) is 0 Å². The molecule has 0 bridgehead atoms. The van der Waals surface area contributed by atoms with Gasteiger partial charge in [0.2, 0.25) is 0 Å². The molecular formula is C7H15S2. The third kappa shape index (κ3) is 8.70. The highest BCUT2D eigenvalue weighted by molar-refractivity contribution is 7.99. The Labute approximate surface area is 68.2 Å². The SMILES string of the molecule is CC(C)SCCCC[S]. The second-order valence-electron chi connectivity index (χ2n) is 2.33. The summed E-state index contributed by atoms with van der Waals surface area (Å²) in [5.41, 5.74) is 0. The first-order chi connectivity index (χ1) is 4.27. The molecule has 9 heavy (non-hydrogen) atoms. The molecule has 0 rings (SSSR count). The highest BCUT2D eigenvalue weighted by Crippen LogP contribution is 2.11. The van der Waals surface area contributed by atoms with Crippen LogP contribution >= 0.6 is 24.4 Å². The predicted octanol–water partition coefficient (Wildman–Crippen LogP) is 3.11. The Morgan fingerprint density at radius 3 is 2.44 bits per heavy atom. The van der Waals surface area contributed by atoms with E-state index in [0.717, 1.165) is 11.0 Å². The Balaban J connectivity index is 2.75. The molecule has 0 aliphatic heterocycles. The van der Waals surface area contributed by atoms with Crippen LogP contribution in [0.15, 0.2) is 0 Å². The van der Waals surface area contributed by atoms with Crippen LogP contribution < -0.4 is 0 Å². The molecule has 0 nitrogen and oxygen atoms in total. The minimum absolute atomic E-state index is 0.787. The molecule has 0 unspecified atom stereocenters. The lowest BCUT2D eigenvalue weighted by Gasteiger charge is -2.01. The fraction of sp³-hybridized carbons (Fsp3) is 1.00. The molecule has 0 N–H and O–H groups in total. The van der Waals surface area contributed by atoms with E-state index in [1.807, 2.05) is 11.8 Å². The van der Waals surface area contributed by atoms with Crippen molar-refractivity contribution in [1.29, 1.82) is 0 Å². The average Bonchev–Trinajstić information content (AvgIpc) is 1.80. The molecule has 0 spiro atoms. The van der Waals surface area contributed by atoms with Gasteiger partial charge >= 0.3 is 0 Å². The Hall–Kier alpha value is 0.700. The fourth-order valence-electron chi connectivity index (χ4n) is 0.523. The minimum atomic E-state index is 0.787. The van der Waals surface area contributed by atoms with Crippen molar-refractivity contribution in [2.45, 2.75) is 31.9 Å². The summed E-state index contributed by atoms with van der Waals surface area (Å²) in [5.74, 6) is 2.22. The van der Waals surface area contributed by atoms with Gasteiger partial charge in [-0.3, -0.25) is 0 Å². The number of hydrogen-bond donors (Lipinski definition) is 0. The van der Waals surface area contributed by atoms with E-state index in [4.69, 9.17) is 12.6 Å².